The lowest BCUT2D eigenvalue weighted by atomic mass is 9.79. The van der Waals surface area contributed by atoms with Gasteiger partial charge in [-0.2, -0.15) is 0 Å². The monoisotopic (exact) mass is 725 g/mol. The summed E-state index contributed by atoms with van der Waals surface area (Å²) in [6.45, 7) is 4.23. The van der Waals surface area contributed by atoms with Crippen molar-refractivity contribution in [3.8, 4) is 5.75 Å². The number of nitrogens with one attached hydrogen (secondary N) is 2. The zero-order valence-corrected chi connectivity index (χ0v) is 30.4. The number of unbranched alkanes of at least 4 members (excludes halogenated alkanes) is 2. The number of carbonyl (C=O) groups excluding carboxylic acids is 2. The van der Waals surface area contributed by atoms with Gasteiger partial charge in [-0.3, -0.25) is 14.4 Å². The first kappa shape index (κ1) is 38.7. The van der Waals surface area contributed by atoms with Crippen LogP contribution in [0.4, 0.5) is 11.4 Å². The van der Waals surface area contributed by atoms with Crippen LogP contribution < -0.4 is 20.3 Å². The minimum absolute atomic E-state index is 0.00350. The Morgan fingerprint density at radius 1 is 0.960 bits per heavy atom. The number of amides is 2. The van der Waals surface area contributed by atoms with Crippen molar-refractivity contribution in [3.63, 3.8) is 0 Å². The van der Waals surface area contributed by atoms with Crippen LogP contribution in [0.15, 0.2) is 82.6 Å². The molecule has 0 aliphatic carbocycles. The van der Waals surface area contributed by atoms with Crippen LogP contribution in [0.3, 0.4) is 0 Å². The van der Waals surface area contributed by atoms with Gasteiger partial charge in [-0.1, -0.05) is 88.1 Å². The number of nitrogens with zero attached hydrogens (tertiary/aromatic N) is 1. The number of aliphatic hydroxyl groups is 1. The van der Waals surface area contributed by atoms with Gasteiger partial charge in [-0.25, -0.2) is 8.42 Å². The smallest absolute Gasteiger partial charge is 0.307 e. The number of hydrogen-bond acceptors (Lipinski definition) is 9. The number of sulfone groups is 1. The molecule has 3 aromatic carbocycles. The highest BCUT2D eigenvalue weighted by Gasteiger charge is 2.42. The number of aliphatic hydroxyl groups excluding tert-OH is 1. The first-order valence-corrected chi connectivity index (χ1v) is 19.7. The molecule has 270 valence electrons. The maximum Gasteiger partial charge on any atom is 0.307 e. The van der Waals surface area contributed by atoms with E-state index < -0.39 is 58.3 Å². The van der Waals surface area contributed by atoms with Crippen molar-refractivity contribution >= 4 is 50.8 Å². The van der Waals surface area contributed by atoms with E-state index in [4.69, 9.17) is 9.84 Å². The van der Waals surface area contributed by atoms with Crippen LogP contribution >= 0.6 is 11.8 Å². The number of anilines is 2. The number of carbonyl (C=O) groups is 3. The minimum Gasteiger partial charge on any atom is -0.483 e. The quantitative estimate of drug-likeness (QED) is 0.0982. The van der Waals surface area contributed by atoms with E-state index in [-0.39, 0.29) is 16.4 Å². The second-order valence-corrected chi connectivity index (χ2v) is 15.5. The molecule has 2 unspecified atom stereocenters. The van der Waals surface area contributed by atoms with E-state index >= 15 is 0 Å². The average Bonchev–Trinajstić information content (AvgIpc) is 3.19. The first-order valence-electron chi connectivity index (χ1n) is 16.9. The van der Waals surface area contributed by atoms with Crippen LogP contribution in [0.5, 0.6) is 5.75 Å². The molecule has 1 aliphatic rings. The van der Waals surface area contributed by atoms with E-state index in [2.05, 4.69) is 29.4 Å². The lowest BCUT2D eigenvalue weighted by Gasteiger charge is -2.37. The Morgan fingerprint density at radius 3 is 2.16 bits per heavy atom. The summed E-state index contributed by atoms with van der Waals surface area (Å²) in [7, 11) is -3.81. The van der Waals surface area contributed by atoms with Gasteiger partial charge >= 0.3 is 5.97 Å². The molecule has 0 radical (unpaired) electrons. The van der Waals surface area contributed by atoms with Crippen LogP contribution in [0.25, 0.3) is 0 Å². The van der Waals surface area contributed by atoms with Crippen LogP contribution in [-0.4, -0.2) is 67.8 Å². The molecule has 0 aromatic heterocycles. The Hall–Kier alpha value is -4.07. The molecule has 3 aromatic rings. The van der Waals surface area contributed by atoms with E-state index in [1.807, 2.05) is 42.7 Å². The third kappa shape index (κ3) is 10.0. The molecule has 0 bridgehead atoms. The molecule has 2 atom stereocenters. The molecular weight excluding hydrogens is 679 g/mol. The number of aliphatic carboxylic acids is 1. The molecule has 4 rings (SSSR count). The molecule has 0 saturated heterocycles. The number of ether oxygens (including phenoxy) is 1. The zero-order chi connectivity index (χ0) is 36.3. The Morgan fingerprint density at radius 2 is 1.58 bits per heavy atom. The number of benzene rings is 3. The highest BCUT2D eigenvalue weighted by molar-refractivity contribution is 7.98. The second kappa shape index (κ2) is 17.7. The summed E-state index contributed by atoms with van der Waals surface area (Å²) in [5.41, 5.74) is 1.39. The third-order valence-corrected chi connectivity index (χ3v) is 11.5. The number of carboxylic acids is 1. The number of hydrogen-bond donors (Lipinski definition) is 4. The summed E-state index contributed by atoms with van der Waals surface area (Å²) in [4.78, 5) is 40.2. The van der Waals surface area contributed by atoms with Crippen molar-refractivity contribution in [3.05, 3.63) is 78.4 Å². The van der Waals surface area contributed by atoms with Crippen molar-refractivity contribution in [1.82, 2.24) is 10.6 Å². The summed E-state index contributed by atoms with van der Waals surface area (Å²) in [5.74, 6) is -2.59. The first-order chi connectivity index (χ1) is 23.9. The number of thioether (sulfide) groups is 1. The lowest BCUT2D eigenvalue weighted by Crippen LogP contribution is -2.46. The predicted molar refractivity (Wildman–Crippen MR) is 194 cm³/mol. The van der Waals surface area contributed by atoms with Crippen LogP contribution in [0, 0.1) is 5.41 Å². The van der Waals surface area contributed by atoms with Gasteiger partial charge in [-0.05, 0) is 42.9 Å². The van der Waals surface area contributed by atoms with Gasteiger partial charge in [0, 0.05) is 23.7 Å². The van der Waals surface area contributed by atoms with E-state index in [9.17, 15) is 27.9 Å². The van der Waals surface area contributed by atoms with Crippen LogP contribution in [0.1, 0.15) is 70.4 Å². The summed E-state index contributed by atoms with van der Waals surface area (Å²) >= 11 is 1.36. The van der Waals surface area contributed by atoms with Gasteiger partial charge in [0.25, 0.3) is 5.91 Å². The Kier molecular flexibility index (Phi) is 13.7. The Bertz CT molecular complexity index is 1710. The summed E-state index contributed by atoms with van der Waals surface area (Å²) < 4.78 is 34.7. The molecule has 1 heterocycles. The standard InChI is InChI=1S/C37H47N3O8S2/c1-4-6-18-37(19-7-5-2)24-40(27-16-12-9-13-17-27)28-20-30(49-3)29(21-31(28)50(46,47)25-37)48-23-33(42)38-35(26-14-10-8-11-15-26)36(45)39-32(41)22-34(43)44/h8-17,20-21,32,35,41H,4-7,18-19,22-25H2,1-3H3,(H,38,42)(H,39,45)(H,43,44). The number of rotatable bonds is 17. The lowest BCUT2D eigenvalue weighted by molar-refractivity contribution is -0.141. The van der Waals surface area contributed by atoms with Crippen molar-refractivity contribution < 1.29 is 37.8 Å². The molecule has 50 heavy (non-hydrogen) atoms. The van der Waals surface area contributed by atoms with Gasteiger partial charge < -0.3 is 30.5 Å². The molecule has 0 saturated carbocycles. The maximum absolute atomic E-state index is 14.4. The van der Waals surface area contributed by atoms with Crippen molar-refractivity contribution in [1.29, 1.82) is 0 Å². The highest BCUT2D eigenvalue weighted by atomic mass is 32.2. The molecule has 13 heteroatoms. The van der Waals surface area contributed by atoms with Gasteiger partial charge in [0.1, 0.15) is 18.0 Å². The predicted octanol–water partition coefficient (Wildman–Crippen LogP) is 5.85. The minimum atomic E-state index is -3.81. The fourth-order valence-corrected chi connectivity index (χ4v) is 9.00. The topological polar surface area (TPSA) is 162 Å². The van der Waals surface area contributed by atoms with Crippen LogP contribution in [0.2, 0.25) is 0 Å². The van der Waals surface area contributed by atoms with E-state index in [0.29, 0.717) is 22.7 Å². The highest BCUT2D eigenvalue weighted by Crippen LogP contribution is 2.47. The zero-order valence-electron chi connectivity index (χ0n) is 28.8. The number of fused-ring (bicyclic) bond motifs is 1. The molecule has 4 N–H and O–H groups in total. The summed E-state index contributed by atoms with van der Waals surface area (Å²) in [6, 6.07) is 20.1. The van der Waals surface area contributed by atoms with E-state index in [1.165, 1.54) is 17.8 Å². The number of para-hydroxylation sites is 1. The normalized spacial score (nSPS) is 16.0. The molecule has 2 amide bonds. The molecule has 0 fully saturated rings. The van der Waals surface area contributed by atoms with Gasteiger partial charge in [-0.15, -0.1) is 11.8 Å². The van der Waals surface area contributed by atoms with Gasteiger partial charge in [0.05, 0.1) is 27.7 Å². The molecule has 1 aliphatic heterocycles. The Balaban J connectivity index is 1.67. The SMILES string of the molecule is CCCCC1(CCCC)CN(c2ccccc2)c2cc(SC)c(OCC(=O)NC(C(=O)NC(O)CC(=O)O)c3ccccc3)cc2S(=O)(=O)C1. The maximum atomic E-state index is 14.4. The molecular formula is C37H47N3O8S2. The third-order valence-electron chi connectivity index (χ3n) is 8.79. The fourth-order valence-electron chi connectivity index (χ4n) is 6.33. The van der Waals surface area contributed by atoms with Crippen molar-refractivity contribution in [2.75, 3.05) is 30.1 Å². The van der Waals surface area contributed by atoms with Gasteiger partial charge in [0.15, 0.2) is 16.4 Å². The molecule has 0 spiro atoms. The summed E-state index contributed by atoms with van der Waals surface area (Å²) in [5, 5.41) is 23.8. The van der Waals surface area contributed by atoms with Crippen molar-refractivity contribution in [2.24, 2.45) is 5.41 Å². The average molecular weight is 726 g/mol. The fraction of sp³-hybridized carbons (Fsp3) is 0.432. The van der Waals surface area contributed by atoms with Gasteiger partial charge in [0.2, 0.25) is 5.91 Å². The largest absolute Gasteiger partial charge is 0.483 e. The summed E-state index contributed by atoms with van der Waals surface area (Å²) in [6.07, 6.45) is 4.77. The Labute approximate surface area is 298 Å². The molecule has 11 nitrogen and oxygen atoms in total. The van der Waals surface area contributed by atoms with E-state index in [0.717, 1.165) is 44.2 Å². The number of carboxylic acid groups (broad SMARTS) is 1. The van der Waals surface area contributed by atoms with Crippen LogP contribution in [-0.2, 0) is 24.2 Å². The van der Waals surface area contributed by atoms with Crippen molar-refractivity contribution in [2.45, 2.75) is 80.9 Å². The second-order valence-electron chi connectivity index (χ2n) is 12.7. The van der Waals surface area contributed by atoms with E-state index in [1.54, 1.807) is 30.3 Å².